The number of rotatable bonds is 5. The third-order valence-electron chi connectivity index (χ3n) is 5.72. The number of carboxylic acid groups (broad SMARTS) is 1. The van der Waals surface area contributed by atoms with E-state index in [2.05, 4.69) is 22.0 Å². The van der Waals surface area contributed by atoms with Gasteiger partial charge >= 0.3 is 5.97 Å². The van der Waals surface area contributed by atoms with Crippen LogP contribution in [0.15, 0.2) is 60.8 Å². The molecule has 2 heterocycles. The van der Waals surface area contributed by atoms with E-state index in [4.69, 9.17) is 0 Å². The summed E-state index contributed by atoms with van der Waals surface area (Å²) in [6.45, 7) is 1.67. The summed E-state index contributed by atoms with van der Waals surface area (Å²) in [5, 5.41) is 21.9. The van der Waals surface area contributed by atoms with Gasteiger partial charge < -0.3 is 15.2 Å². The van der Waals surface area contributed by atoms with Crippen LogP contribution >= 0.6 is 0 Å². The number of fused-ring (bicyclic) bond motifs is 1. The lowest BCUT2D eigenvalue weighted by Gasteiger charge is -2.43. The number of aliphatic hydroxyl groups is 1. The number of carboxylic acids is 1. The van der Waals surface area contributed by atoms with Gasteiger partial charge in [0.1, 0.15) is 5.41 Å². The molecule has 1 saturated heterocycles. The minimum absolute atomic E-state index is 0.327. The van der Waals surface area contributed by atoms with Crippen molar-refractivity contribution in [2.75, 3.05) is 13.1 Å². The van der Waals surface area contributed by atoms with Crippen molar-refractivity contribution in [3.8, 4) is 0 Å². The van der Waals surface area contributed by atoms with Crippen molar-refractivity contribution in [2.24, 2.45) is 5.41 Å². The van der Waals surface area contributed by atoms with Gasteiger partial charge in [0.15, 0.2) is 0 Å². The number of hydrogen-bond acceptors (Lipinski definition) is 3. The highest BCUT2D eigenvalue weighted by Crippen LogP contribution is 2.35. The Morgan fingerprint density at radius 3 is 2.74 bits per heavy atom. The Hall–Kier alpha value is -2.63. The van der Waals surface area contributed by atoms with Crippen LogP contribution in [0.25, 0.3) is 10.9 Å². The van der Waals surface area contributed by atoms with Crippen LogP contribution < -0.4 is 0 Å². The molecule has 0 unspecified atom stereocenters. The fourth-order valence-electron chi connectivity index (χ4n) is 4.24. The molecule has 27 heavy (non-hydrogen) atoms. The van der Waals surface area contributed by atoms with Crippen LogP contribution in [0.1, 0.15) is 17.5 Å². The van der Waals surface area contributed by atoms with Gasteiger partial charge in [0.25, 0.3) is 0 Å². The van der Waals surface area contributed by atoms with E-state index >= 15 is 0 Å². The molecule has 0 bridgehead atoms. The van der Waals surface area contributed by atoms with Gasteiger partial charge in [-0.25, -0.2) is 0 Å². The van der Waals surface area contributed by atoms with E-state index in [-0.39, 0.29) is 0 Å². The number of aliphatic carboxylic acids is 1. The van der Waals surface area contributed by atoms with Crippen LogP contribution in [0.2, 0.25) is 0 Å². The lowest BCUT2D eigenvalue weighted by molar-refractivity contribution is -0.163. The van der Waals surface area contributed by atoms with Gasteiger partial charge in [-0.1, -0.05) is 48.5 Å². The average Bonchev–Trinajstić information content (AvgIpc) is 3.15. The molecule has 2 atom stereocenters. The fraction of sp³-hybridized carbons (Fsp3) is 0.318. The zero-order chi connectivity index (χ0) is 18.9. The number of hydrogen-bond donors (Lipinski definition) is 3. The van der Waals surface area contributed by atoms with Crippen LogP contribution in [0, 0.1) is 5.41 Å². The highest BCUT2D eigenvalue weighted by molar-refractivity contribution is 5.82. The average molecular weight is 364 g/mol. The number of para-hydroxylation sites is 1. The molecule has 1 aliphatic rings. The zero-order valence-electron chi connectivity index (χ0n) is 15.1. The van der Waals surface area contributed by atoms with Gasteiger partial charge in [-0.15, -0.1) is 0 Å². The number of H-pyrrole nitrogens is 1. The lowest BCUT2D eigenvalue weighted by Crippen LogP contribution is -2.56. The second-order valence-electron chi connectivity index (χ2n) is 7.50. The molecule has 1 fully saturated rings. The van der Waals surface area contributed by atoms with E-state index in [1.54, 1.807) is 0 Å². The summed E-state index contributed by atoms with van der Waals surface area (Å²) in [5.74, 6) is -0.929. The first-order valence-corrected chi connectivity index (χ1v) is 9.31. The van der Waals surface area contributed by atoms with Gasteiger partial charge in [-0.05, 0) is 35.4 Å². The second-order valence-corrected chi connectivity index (χ2v) is 7.50. The first-order chi connectivity index (χ1) is 13.1. The number of aromatic amines is 1. The molecule has 1 aromatic heterocycles. The molecule has 3 N–H and O–H groups in total. The van der Waals surface area contributed by atoms with Gasteiger partial charge in [0.05, 0.1) is 6.10 Å². The molecule has 0 radical (unpaired) electrons. The first kappa shape index (κ1) is 17.8. The largest absolute Gasteiger partial charge is 0.481 e. The van der Waals surface area contributed by atoms with Crippen molar-refractivity contribution < 1.29 is 15.0 Å². The summed E-state index contributed by atoms with van der Waals surface area (Å²) in [5.41, 5.74) is 1.98. The number of benzene rings is 2. The molecule has 2 aromatic carbocycles. The van der Waals surface area contributed by atoms with Crippen LogP contribution in [0.4, 0.5) is 0 Å². The minimum atomic E-state index is -1.19. The van der Waals surface area contributed by atoms with Crippen molar-refractivity contribution in [3.05, 3.63) is 71.9 Å². The minimum Gasteiger partial charge on any atom is -0.481 e. The Morgan fingerprint density at radius 1 is 1.15 bits per heavy atom. The van der Waals surface area contributed by atoms with E-state index in [1.807, 2.05) is 48.7 Å². The molecule has 5 heteroatoms. The fourth-order valence-corrected chi connectivity index (χ4v) is 4.24. The molecular formula is C22H24N2O3. The summed E-state index contributed by atoms with van der Waals surface area (Å²) in [6.07, 6.45) is 1.85. The maximum absolute atomic E-state index is 12.3. The number of nitrogens with one attached hydrogen (secondary N) is 1. The van der Waals surface area contributed by atoms with E-state index < -0.39 is 17.5 Å². The second kappa shape index (κ2) is 7.18. The summed E-state index contributed by atoms with van der Waals surface area (Å²) in [6, 6.07) is 17.8. The third kappa shape index (κ3) is 3.36. The molecule has 140 valence electrons. The van der Waals surface area contributed by atoms with Gasteiger partial charge in [0.2, 0.25) is 0 Å². The number of carbonyl (C=O) groups is 1. The summed E-state index contributed by atoms with van der Waals surface area (Å²) < 4.78 is 0. The van der Waals surface area contributed by atoms with E-state index in [9.17, 15) is 15.0 Å². The molecule has 0 aliphatic carbocycles. The van der Waals surface area contributed by atoms with Crippen LogP contribution in [-0.2, 0) is 17.8 Å². The van der Waals surface area contributed by atoms with Gasteiger partial charge in [-0.3, -0.25) is 9.69 Å². The topological polar surface area (TPSA) is 76.6 Å². The molecule has 4 rings (SSSR count). The lowest BCUT2D eigenvalue weighted by atomic mass is 9.72. The van der Waals surface area contributed by atoms with Crippen LogP contribution in [0.3, 0.4) is 0 Å². The molecule has 0 saturated carbocycles. The predicted molar refractivity (Wildman–Crippen MR) is 104 cm³/mol. The van der Waals surface area contributed by atoms with Crippen LogP contribution in [0.5, 0.6) is 0 Å². The highest BCUT2D eigenvalue weighted by atomic mass is 16.4. The molecule has 1 aliphatic heterocycles. The van der Waals surface area contributed by atoms with Crippen molar-refractivity contribution in [2.45, 2.75) is 25.5 Å². The standard InChI is InChI=1S/C22H24N2O3/c25-19-10-12-24(14-18-8-4-7-17-9-11-23-20(17)18)15-22(19,21(26)27)13-16-5-2-1-3-6-16/h1-9,11,19,23,25H,10,12-15H2,(H,26,27)/t19-,22-/m0/s1. The molecule has 3 aromatic rings. The highest BCUT2D eigenvalue weighted by Gasteiger charge is 2.49. The Morgan fingerprint density at radius 2 is 1.96 bits per heavy atom. The quantitative estimate of drug-likeness (QED) is 0.650. The Bertz CT molecular complexity index is 937. The van der Waals surface area contributed by atoms with Crippen molar-refractivity contribution in [3.63, 3.8) is 0 Å². The molecule has 0 amide bonds. The van der Waals surface area contributed by atoms with E-state index in [1.165, 1.54) is 0 Å². The smallest absolute Gasteiger partial charge is 0.313 e. The van der Waals surface area contributed by atoms with Gasteiger partial charge in [0, 0.05) is 31.3 Å². The molecular weight excluding hydrogens is 340 g/mol. The molecule has 5 nitrogen and oxygen atoms in total. The number of aromatic nitrogens is 1. The monoisotopic (exact) mass is 364 g/mol. The Kier molecular flexibility index (Phi) is 4.72. The summed E-state index contributed by atoms with van der Waals surface area (Å²) in [7, 11) is 0. The summed E-state index contributed by atoms with van der Waals surface area (Å²) in [4.78, 5) is 17.7. The maximum Gasteiger partial charge on any atom is 0.313 e. The maximum atomic E-state index is 12.3. The number of likely N-dealkylation sites (tertiary alicyclic amines) is 1. The Labute approximate surface area is 158 Å². The predicted octanol–water partition coefficient (Wildman–Crippen LogP) is 3.05. The van der Waals surface area contributed by atoms with E-state index in [0.717, 1.165) is 22.0 Å². The first-order valence-electron chi connectivity index (χ1n) is 9.31. The summed E-state index contributed by atoms with van der Waals surface area (Å²) >= 11 is 0. The van der Waals surface area contributed by atoms with Crippen molar-refractivity contribution >= 4 is 16.9 Å². The van der Waals surface area contributed by atoms with E-state index in [0.29, 0.717) is 32.5 Å². The number of aliphatic hydroxyl groups excluding tert-OH is 1. The normalized spacial score (nSPS) is 23.5. The third-order valence-corrected chi connectivity index (χ3v) is 5.72. The van der Waals surface area contributed by atoms with Crippen molar-refractivity contribution in [1.82, 2.24) is 9.88 Å². The van der Waals surface area contributed by atoms with Gasteiger partial charge in [-0.2, -0.15) is 0 Å². The number of nitrogens with zero attached hydrogens (tertiary/aromatic N) is 1. The number of piperidine rings is 1. The SMILES string of the molecule is O=C(O)[C@@]1(Cc2ccccc2)CN(Cc2cccc3cc[nH]c23)CC[C@@H]1O. The van der Waals surface area contributed by atoms with Crippen LogP contribution in [-0.4, -0.2) is 45.3 Å². The Balaban J connectivity index is 1.61. The molecule has 0 spiro atoms. The zero-order valence-corrected chi connectivity index (χ0v) is 15.1. The van der Waals surface area contributed by atoms with Crippen molar-refractivity contribution in [1.29, 1.82) is 0 Å².